The van der Waals surface area contributed by atoms with Gasteiger partial charge in [0, 0.05) is 57.3 Å². The average molecular weight is 441 g/mol. The normalized spacial score (nSPS) is 16.2. The highest BCUT2D eigenvalue weighted by molar-refractivity contribution is 5.87. The predicted molar refractivity (Wildman–Crippen MR) is 130 cm³/mol. The van der Waals surface area contributed by atoms with Crippen molar-refractivity contribution in [2.45, 2.75) is 25.3 Å². The molecule has 5 rings (SSSR count). The molecule has 0 N–H and O–H groups in total. The molecular formula is C26H28N6O. The van der Waals surface area contributed by atoms with E-state index in [4.69, 9.17) is 4.98 Å². The zero-order valence-electron chi connectivity index (χ0n) is 19.1. The Bertz CT molecular complexity index is 1270. The molecule has 2 aromatic heterocycles. The molecule has 1 saturated heterocycles. The summed E-state index contributed by atoms with van der Waals surface area (Å²) in [5.41, 5.74) is 3.16. The van der Waals surface area contributed by atoms with Crippen LogP contribution in [0.25, 0.3) is 21.9 Å². The Labute approximate surface area is 193 Å². The largest absolute Gasteiger partial charge is 0.347 e. The Hall–Kier alpha value is -3.74. The first-order chi connectivity index (χ1) is 16.1. The number of hydrogen-bond donors (Lipinski definition) is 0. The van der Waals surface area contributed by atoms with Crippen molar-refractivity contribution in [1.82, 2.24) is 24.6 Å². The van der Waals surface area contributed by atoms with E-state index < -0.39 is 0 Å². The minimum Gasteiger partial charge on any atom is -0.347 e. The average Bonchev–Trinajstić information content (AvgIpc) is 3.36. The number of nitrogens with zero attached hydrogens (tertiary/aromatic N) is 6. The van der Waals surface area contributed by atoms with Crippen LogP contribution in [0.15, 0.2) is 67.1 Å². The van der Waals surface area contributed by atoms with Gasteiger partial charge < -0.3 is 9.80 Å². The molecule has 1 aliphatic heterocycles. The summed E-state index contributed by atoms with van der Waals surface area (Å²) in [6.45, 7) is 1.70. The van der Waals surface area contributed by atoms with Crippen LogP contribution in [-0.4, -0.2) is 57.7 Å². The van der Waals surface area contributed by atoms with Gasteiger partial charge in [-0.1, -0.05) is 36.4 Å². The summed E-state index contributed by atoms with van der Waals surface area (Å²) in [6, 6.07) is 16.7. The van der Waals surface area contributed by atoms with Crippen LogP contribution in [0.3, 0.4) is 0 Å². The first kappa shape index (κ1) is 21.1. The Balaban J connectivity index is 1.48. The van der Waals surface area contributed by atoms with Crippen molar-refractivity contribution in [3.63, 3.8) is 0 Å². The summed E-state index contributed by atoms with van der Waals surface area (Å²) in [5, 5.41) is 6.58. The molecule has 0 bridgehead atoms. The maximum absolute atomic E-state index is 12.9. The maximum atomic E-state index is 12.9. The summed E-state index contributed by atoms with van der Waals surface area (Å²) < 4.78 is 1.68. The van der Waals surface area contributed by atoms with Gasteiger partial charge in [-0.15, -0.1) is 0 Å². The molecule has 7 nitrogen and oxygen atoms in total. The minimum absolute atomic E-state index is 0.0949. The third-order valence-electron chi connectivity index (χ3n) is 6.28. The third kappa shape index (κ3) is 4.44. The van der Waals surface area contributed by atoms with Crippen molar-refractivity contribution < 1.29 is 4.79 Å². The molecule has 0 aliphatic carbocycles. The smallest absolute Gasteiger partial charge is 0.244 e. The molecule has 1 atom stereocenters. The first-order valence-corrected chi connectivity index (χ1v) is 11.4. The standard InChI is InChI=1S/C26H28N6O/c1-30(2)26-27-16-23(21-11-10-19-7-3-4-8-20(19)15-21)25(29-26)22-9-5-13-31(17-22)24(33)18-32-14-6-12-28-32/h3-4,6-8,10-12,14-16,22H,5,9,13,17-18H2,1-2H3/t22-/m0/s1. The van der Waals surface area contributed by atoms with E-state index in [-0.39, 0.29) is 18.4 Å². The van der Waals surface area contributed by atoms with Gasteiger partial charge in [-0.25, -0.2) is 9.97 Å². The SMILES string of the molecule is CN(C)c1ncc(-c2ccc3ccccc3c2)c([C@H]2CCCN(C(=O)Cn3cccn3)C2)n1. The van der Waals surface area contributed by atoms with E-state index in [0.29, 0.717) is 12.5 Å². The third-order valence-corrected chi connectivity index (χ3v) is 6.28. The van der Waals surface area contributed by atoms with E-state index in [2.05, 4.69) is 52.5 Å². The summed E-state index contributed by atoms with van der Waals surface area (Å²) in [5.74, 6) is 0.940. The molecule has 0 spiro atoms. The van der Waals surface area contributed by atoms with Crippen molar-refractivity contribution in [1.29, 1.82) is 0 Å². The number of anilines is 1. The molecular weight excluding hydrogens is 412 g/mol. The Morgan fingerprint density at radius 2 is 1.97 bits per heavy atom. The Morgan fingerprint density at radius 1 is 1.12 bits per heavy atom. The van der Waals surface area contributed by atoms with Crippen molar-refractivity contribution in [2.75, 3.05) is 32.1 Å². The highest BCUT2D eigenvalue weighted by Crippen LogP contribution is 2.35. The number of likely N-dealkylation sites (tertiary alicyclic amines) is 1. The summed E-state index contributed by atoms with van der Waals surface area (Å²) >= 11 is 0. The Morgan fingerprint density at radius 3 is 2.76 bits per heavy atom. The molecule has 7 heteroatoms. The number of benzene rings is 2. The number of amides is 1. The van der Waals surface area contributed by atoms with Crippen molar-refractivity contribution in [3.8, 4) is 11.1 Å². The summed E-state index contributed by atoms with van der Waals surface area (Å²) in [7, 11) is 3.91. The van der Waals surface area contributed by atoms with Crippen LogP contribution < -0.4 is 4.90 Å². The number of aromatic nitrogens is 4. The molecule has 1 amide bonds. The minimum atomic E-state index is 0.0949. The number of carbonyl (C=O) groups is 1. The van der Waals surface area contributed by atoms with Gasteiger partial charge in [0.2, 0.25) is 11.9 Å². The number of carbonyl (C=O) groups excluding carboxylic acids is 1. The van der Waals surface area contributed by atoms with Crippen LogP contribution in [0, 0.1) is 0 Å². The molecule has 0 radical (unpaired) electrons. The molecule has 1 fully saturated rings. The fourth-order valence-corrected chi connectivity index (χ4v) is 4.55. The zero-order valence-corrected chi connectivity index (χ0v) is 19.1. The quantitative estimate of drug-likeness (QED) is 0.470. The van der Waals surface area contributed by atoms with Crippen molar-refractivity contribution >= 4 is 22.6 Å². The van der Waals surface area contributed by atoms with Crippen molar-refractivity contribution in [3.05, 3.63) is 72.8 Å². The van der Waals surface area contributed by atoms with Gasteiger partial charge in [0.05, 0.1) is 5.69 Å². The van der Waals surface area contributed by atoms with Crippen LogP contribution in [0.2, 0.25) is 0 Å². The summed E-state index contributed by atoms with van der Waals surface area (Å²) in [4.78, 5) is 26.4. The lowest BCUT2D eigenvalue weighted by atomic mass is 9.89. The van der Waals surface area contributed by atoms with Crippen LogP contribution in [0.1, 0.15) is 24.5 Å². The number of hydrogen-bond acceptors (Lipinski definition) is 5. The predicted octanol–water partition coefficient (Wildman–Crippen LogP) is 3.97. The number of rotatable bonds is 5. The van der Waals surface area contributed by atoms with Crippen LogP contribution in [-0.2, 0) is 11.3 Å². The van der Waals surface area contributed by atoms with Gasteiger partial charge in [-0.2, -0.15) is 5.10 Å². The fraction of sp³-hybridized carbons (Fsp3) is 0.308. The van der Waals surface area contributed by atoms with E-state index in [1.807, 2.05) is 42.4 Å². The topological polar surface area (TPSA) is 67.2 Å². The van der Waals surface area contributed by atoms with Gasteiger partial charge in [0.25, 0.3) is 0 Å². The van der Waals surface area contributed by atoms with Crippen LogP contribution >= 0.6 is 0 Å². The molecule has 0 saturated carbocycles. The first-order valence-electron chi connectivity index (χ1n) is 11.4. The van der Waals surface area contributed by atoms with E-state index in [1.54, 1.807) is 10.9 Å². The van der Waals surface area contributed by atoms with Crippen molar-refractivity contribution in [2.24, 2.45) is 0 Å². The summed E-state index contributed by atoms with van der Waals surface area (Å²) in [6.07, 6.45) is 7.41. The van der Waals surface area contributed by atoms with Gasteiger partial charge in [0.15, 0.2) is 0 Å². The molecule has 2 aromatic carbocycles. The molecule has 33 heavy (non-hydrogen) atoms. The molecule has 1 aliphatic rings. The number of piperidine rings is 1. The second-order valence-corrected chi connectivity index (χ2v) is 8.81. The molecule has 0 unspecified atom stereocenters. The second-order valence-electron chi connectivity index (χ2n) is 8.81. The highest BCUT2D eigenvalue weighted by Gasteiger charge is 2.28. The van der Waals surface area contributed by atoms with E-state index >= 15 is 0 Å². The highest BCUT2D eigenvalue weighted by atomic mass is 16.2. The van der Waals surface area contributed by atoms with Crippen LogP contribution in [0.5, 0.6) is 0 Å². The fourth-order valence-electron chi connectivity index (χ4n) is 4.55. The maximum Gasteiger partial charge on any atom is 0.244 e. The van der Waals surface area contributed by atoms with Gasteiger partial charge in [0.1, 0.15) is 6.54 Å². The van der Waals surface area contributed by atoms with E-state index in [0.717, 1.165) is 36.2 Å². The van der Waals surface area contributed by atoms with E-state index in [1.165, 1.54) is 10.8 Å². The van der Waals surface area contributed by atoms with Crippen LogP contribution in [0.4, 0.5) is 5.95 Å². The molecule has 168 valence electrons. The molecule has 3 heterocycles. The monoisotopic (exact) mass is 440 g/mol. The second kappa shape index (κ2) is 9.02. The number of fused-ring (bicyclic) bond motifs is 1. The van der Waals surface area contributed by atoms with Gasteiger partial charge in [-0.05, 0) is 41.3 Å². The van der Waals surface area contributed by atoms with Gasteiger partial charge in [-0.3, -0.25) is 9.48 Å². The van der Waals surface area contributed by atoms with E-state index in [9.17, 15) is 4.79 Å². The molecule has 4 aromatic rings. The lowest BCUT2D eigenvalue weighted by Gasteiger charge is -2.33. The lowest BCUT2D eigenvalue weighted by molar-refractivity contribution is -0.133. The lowest BCUT2D eigenvalue weighted by Crippen LogP contribution is -2.41. The Kier molecular flexibility index (Phi) is 5.77. The zero-order chi connectivity index (χ0) is 22.8. The van der Waals surface area contributed by atoms with Gasteiger partial charge >= 0.3 is 0 Å².